The summed E-state index contributed by atoms with van der Waals surface area (Å²) in [5.41, 5.74) is 0. The SMILES string of the molecule is CC1CC(C(=O)O)CCN1C(=O)C1C2CCCCC21. The van der Waals surface area contributed by atoms with E-state index in [1.807, 2.05) is 11.8 Å². The summed E-state index contributed by atoms with van der Waals surface area (Å²) in [5, 5.41) is 9.07. The highest BCUT2D eigenvalue weighted by Crippen LogP contribution is 2.56. The molecule has 2 saturated carbocycles. The van der Waals surface area contributed by atoms with Crippen LogP contribution in [-0.2, 0) is 9.59 Å². The third-order valence-electron chi connectivity index (χ3n) is 5.45. The Morgan fingerprint density at radius 3 is 2.26 bits per heavy atom. The van der Waals surface area contributed by atoms with Gasteiger partial charge in [-0.1, -0.05) is 12.8 Å². The van der Waals surface area contributed by atoms with E-state index < -0.39 is 5.97 Å². The quantitative estimate of drug-likeness (QED) is 0.832. The van der Waals surface area contributed by atoms with E-state index in [0.717, 1.165) is 0 Å². The Kier molecular flexibility index (Phi) is 3.27. The summed E-state index contributed by atoms with van der Waals surface area (Å²) in [5.74, 6) is 0.899. The molecule has 106 valence electrons. The molecule has 19 heavy (non-hydrogen) atoms. The number of rotatable bonds is 2. The number of carboxylic acid groups (broad SMARTS) is 1. The molecule has 4 nitrogen and oxygen atoms in total. The van der Waals surface area contributed by atoms with Gasteiger partial charge < -0.3 is 10.0 Å². The third-order valence-corrected chi connectivity index (χ3v) is 5.45. The van der Waals surface area contributed by atoms with Crippen LogP contribution in [0.2, 0.25) is 0 Å². The van der Waals surface area contributed by atoms with Crippen molar-refractivity contribution in [2.75, 3.05) is 6.54 Å². The van der Waals surface area contributed by atoms with Gasteiger partial charge in [-0.3, -0.25) is 9.59 Å². The highest BCUT2D eigenvalue weighted by molar-refractivity contribution is 5.83. The molecular weight excluding hydrogens is 242 g/mol. The number of nitrogens with zero attached hydrogens (tertiary/aromatic N) is 1. The molecule has 0 aromatic heterocycles. The normalized spacial score (nSPS) is 41.5. The van der Waals surface area contributed by atoms with Crippen molar-refractivity contribution in [3.63, 3.8) is 0 Å². The molecule has 1 amide bonds. The van der Waals surface area contributed by atoms with Gasteiger partial charge in [0.25, 0.3) is 0 Å². The molecular formula is C15H23NO3. The first kappa shape index (κ1) is 12.9. The van der Waals surface area contributed by atoms with Gasteiger partial charge in [-0.2, -0.15) is 0 Å². The molecule has 0 bridgehead atoms. The zero-order valence-corrected chi connectivity index (χ0v) is 11.5. The maximum atomic E-state index is 12.6. The fourth-order valence-electron chi connectivity index (χ4n) is 4.27. The second-order valence-corrected chi connectivity index (χ2v) is 6.58. The summed E-state index contributed by atoms with van der Waals surface area (Å²) in [6.45, 7) is 2.63. The lowest BCUT2D eigenvalue weighted by Gasteiger charge is -2.36. The smallest absolute Gasteiger partial charge is 0.306 e. The van der Waals surface area contributed by atoms with Crippen LogP contribution in [0.15, 0.2) is 0 Å². The summed E-state index contributed by atoms with van der Waals surface area (Å²) in [6.07, 6.45) is 6.24. The summed E-state index contributed by atoms with van der Waals surface area (Å²) >= 11 is 0. The molecule has 4 atom stereocenters. The van der Waals surface area contributed by atoms with Crippen LogP contribution < -0.4 is 0 Å². The Morgan fingerprint density at radius 1 is 1.11 bits per heavy atom. The van der Waals surface area contributed by atoms with E-state index in [-0.39, 0.29) is 17.9 Å². The van der Waals surface area contributed by atoms with Crippen LogP contribution >= 0.6 is 0 Å². The van der Waals surface area contributed by atoms with Gasteiger partial charge in [-0.15, -0.1) is 0 Å². The lowest BCUT2D eigenvalue weighted by atomic mass is 9.91. The van der Waals surface area contributed by atoms with Crippen molar-refractivity contribution >= 4 is 11.9 Å². The average molecular weight is 265 g/mol. The number of piperidine rings is 1. The second kappa shape index (κ2) is 4.80. The van der Waals surface area contributed by atoms with Crippen molar-refractivity contribution in [3.05, 3.63) is 0 Å². The molecule has 0 radical (unpaired) electrons. The zero-order valence-electron chi connectivity index (χ0n) is 11.5. The molecule has 2 aliphatic carbocycles. The van der Waals surface area contributed by atoms with Crippen molar-refractivity contribution in [2.24, 2.45) is 23.7 Å². The van der Waals surface area contributed by atoms with E-state index in [0.29, 0.717) is 37.1 Å². The van der Waals surface area contributed by atoms with Crippen LogP contribution in [0, 0.1) is 23.7 Å². The van der Waals surface area contributed by atoms with E-state index in [1.54, 1.807) is 0 Å². The number of likely N-dealkylation sites (tertiary alicyclic amines) is 1. The highest BCUT2D eigenvalue weighted by atomic mass is 16.4. The Morgan fingerprint density at radius 2 is 1.74 bits per heavy atom. The first-order valence-corrected chi connectivity index (χ1v) is 7.63. The molecule has 3 aliphatic rings. The van der Waals surface area contributed by atoms with Crippen molar-refractivity contribution < 1.29 is 14.7 Å². The van der Waals surface area contributed by atoms with E-state index in [2.05, 4.69) is 0 Å². The maximum Gasteiger partial charge on any atom is 0.306 e. The van der Waals surface area contributed by atoms with Crippen molar-refractivity contribution in [1.82, 2.24) is 4.90 Å². The average Bonchev–Trinajstić information content (AvgIpc) is 3.12. The predicted molar refractivity (Wildman–Crippen MR) is 70.5 cm³/mol. The Labute approximate surface area is 114 Å². The standard InChI is InChI=1S/C15H23NO3/c1-9-8-10(15(18)19)6-7-16(9)14(17)13-11-4-2-3-5-12(11)13/h9-13H,2-8H2,1H3,(H,18,19). The fourth-order valence-corrected chi connectivity index (χ4v) is 4.27. The first-order chi connectivity index (χ1) is 9.09. The zero-order chi connectivity index (χ0) is 13.6. The second-order valence-electron chi connectivity index (χ2n) is 6.58. The van der Waals surface area contributed by atoms with E-state index in [9.17, 15) is 9.59 Å². The molecule has 4 unspecified atom stereocenters. The van der Waals surface area contributed by atoms with Gasteiger partial charge in [-0.05, 0) is 44.4 Å². The van der Waals surface area contributed by atoms with Gasteiger partial charge in [0.1, 0.15) is 0 Å². The molecule has 0 aromatic carbocycles. The minimum absolute atomic E-state index is 0.0880. The maximum absolute atomic E-state index is 12.6. The molecule has 0 aromatic rings. The van der Waals surface area contributed by atoms with Crippen molar-refractivity contribution in [1.29, 1.82) is 0 Å². The molecule has 1 saturated heterocycles. The molecule has 3 rings (SSSR count). The number of amides is 1. The van der Waals surface area contributed by atoms with Gasteiger partial charge in [-0.25, -0.2) is 0 Å². The van der Waals surface area contributed by atoms with Crippen LogP contribution in [0.3, 0.4) is 0 Å². The fraction of sp³-hybridized carbons (Fsp3) is 0.867. The largest absolute Gasteiger partial charge is 0.481 e. The number of hydrogen-bond acceptors (Lipinski definition) is 2. The minimum atomic E-state index is -0.709. The Hall–Kier alpha value is -1.06. The van der Waals surface area contributed by atoms with Gasteiger partial charge in [0.05, 0.1) is 5.92 Å². The predicted octanol–water partition coefficient (Wildman–Crippen LogP) is 2.13. The van der Waals surface area contributed by atoms with Gasteiger partial charge >= 0.3 is 5.97 Å². The summed E-state index contributed by atoms with van der Waals surface area (Å²) < 4.78 is 0. The van der Waals surface area contributed by atoms with Gasteiger partial charge in [0, 0.05) is 18.5 Å². The number of carbonyl (C=O) groups is 2. The van der Waals surface area contributed by atoms with E-state index in [4.69, 9.17) is 5.11 Å². The van der Waals surface area contributed by atoms with E-state index >= 15 is 0 Å². The molecule has 1 heterocycles. The Bertz CT molecular complexity index is 383. The number of carbonyl (C=O) groups excluding carboxylic acids is 1. The minimum Gasteiger partial charge on any atom is -0.481 e. The lowest BCUT2D eigenvalue weighted by Crippen LogP contribution is -2.47. The van der Waals surface area contributed by atoms with Crippen LogP contribution in [0.25, 0.3) is 0 Å². The van der Waals surface area contributed by atoms with Gasteiger partial charge in [0.2, 0.25) is 5.91 Å². The lowest BCUT2D eigenvalue weighted by molar-refractivity contribution is -0.148. The number of carboxylic acids is 1. The number of aliphatic carboxylic acids is 1. The third kappa shape index (κ3) is 2.26. The summed E-state index contributed by atoms with van der Waals surface area (Å²) in [6, 6.07) is 0.0880. The highest BCUT2D eigenvalue weighted by Gasteiger charge is 2.56. The topological polar surface area (TPSA) is 57.6 Å². The number of fused-ring (bicyclic) bond motifs is 1. The van der Waals surface area contributed by atoms with Crippen LogP contribution in [0.4, 0.5) is 0 Å². The van der Waals surface area contributed by atoms with Crippen molar-refractivity contribution in [3.8, 4) is 0 Å². The molecule has 0 spiro atoms. The van der Waals surface area contributed by atoms with Crippen LogP contribution in [0.5, 0.6) is 0 Å². The van der Waals surface area contributed by atoms with Gasteiger partial charge in [0.15, 0.2) is 0 Å². The van der Waals surface area contributed by atoms with Crippen molar-refractivity contribution in [2.45, 2.75) is 51.5 Å². The summed E-state index contributed by atoms with van der Waals surface area (Å²) in [7, 11) is 0. The molecule has 1 aliphatic heterocycles. The number of hydrogen-bond donors (Lipinski definition) is 1. The molecule has 4 heteroatoms. The van der Waals surface area contributed by atoms with Crippen LogP contribution in [0.1, 0.15) is 45.4 Å². The first-order valence-electron chi connectivity index (χ1n) is 7.63. The summed E-state index contributed by atoms with van der Waals surface area (Å²) in [4.78, 5) is 25.6. The van der Waals surface area contributed by atoms with Crippen LogP contribution in [-0.4, -0.2) is 34.5 Å². The molecule has 1 N–H and O–H groups in total. The molecule has 3 fully saturated rings. The monoisotopic (exact) mass is 265 g/mol. The van der Waals surface area contributed by atoms with E-state index in [1.165, 1.54) is 25.7 Å². The Balaban J connectivity index is 1.61.